The molecule has 1 aliphatic carbocycles. The van der Waals surface area contributed by atoms with Gasteiger partial charge in [0.15, 0.2) is 0 Å². The number of halogens is 1. The van der Waals surface area contributed by atoms with Crippen molar-refractivity contribution in [2.24, 2.45) is 0 Å². The number of aromatic nitrogens is 2. The molecular formula is C21H25ClN6. The molecule has 6 nitrogen and oxygen atoms in total. The van der Waals surface area contributed by atoms with E-state index in [9.17, 15) is 5.26 Å². The third-order valence-electron chi connectivity index (χ3n) is 4.76. The molecule has 0 aromatic carbocycles. The van der Waals surface area contributed by atoms with Crippen molar-refractivity contribution in [3.05, 3.63) is 53.6 Å². The summed E-state index contributed by atoms with van der Waals surface area (Å²) in [6, 6.07) is 8.55. The van der Waals surface area contributed by atoms with Gasteiger partial charge in [-0.05, 0) is 56.9 Å². The van der Waals surface area contributed by atoms with Crippen molar-refractivity contribution in [2.45, 2.75) is 51.6 Å². The van der Waals surface area contributed by atoms with Crippen molar-refractivity contribution < 1.29 is 0 Å². The Balaban J connectivity index is 1.89. The Morgan fingerprint density at radius 1 is 1.36 bits per heavy atom. The van der Waals surface area contributed by atoms with Crippen molar-refractivity contribution in [2.75, 3.05) is 10.3 Å². The molecule has 0 atom stereocenters. The van der Waals surface area contributed by atoms with Gasteiger partial charge in [0.2, 0.25) is 0 Å². The number of nitrogens with one attached hydrogen (secondary N) is 2. The lowest BCUT2D eigenvalue weighted by molar-refractivity contribution is 0.412. The van der Waals surface area contributed by atoms with E-state index in [0.717, 1.165) is 41.2 Å². The highest BCUT2D eigenvalue weighted by Crippen LogP contribution is 2.37. The zero-order valence-corrected chi connectivity index (χ0v) is 17.0. The van der Waals surface area contributed by atoms with E-state index in [2.05, 4.69) is 52.2 Å². The van der Waals surface area contributed by atoms with E-state index >= 15 is 0 Å². The summed E-state index contributed by atoms with van der Waals surface area (Å²) >= 11 is 6.06. The molecule has 2 aromatic heterocycles. The third kappa shape index (κ3) is 4.61. The minimum atomic E-state index is 0.269. The number of hydrazine groups is 1. The molecule has 0 radical (unpaired) electrons. The molecule has 1 saturated carbocycles. The third-order valence-corrected chi connectivity index (χ3v) is 4.96. The average molecular weight is 397 g/mol. The van der Waals surface area contributed by atoms with Crippen LogP contribution in [0, 0.1) is 11.3 Å². The van der Waals surface area contributed by atoms with E-state index in [1.165, 1.54) is 6.42 Å². The molecule has 0 spiro atoms. The van der Waals surface area contributed by atoms with Gasteiger partial charge in [-0.3, -0.25) is 4.98 Å². The highest BCUT2D eigenvalue weighted by molar-refractivity contribution is 6.29. The molecule has 0 aliphatic heterocycles. The van der Waals surface area contributed by atoms with Crippen molar-refractivity contribution in [3.8, 4) is 6.07 Å². The normalized spacial score (nSPS) is 13.7. The molecule has 2 heterocycles. The maximum atomic E-state index is 9.22. The van der Waals surface area contributed by atoms with Gasteiger partial charge in [0.05, 0.1) is 47.6 Å². The van der Waals surface area contributed by atoms with Crippen molar-refractivity contribution in [1.29, 1.82) is 5.26 Å². The Morgan fingerprint density at radius 2 is 2.14 bits per heavy atom. The number of nitrogens with zero attached hydrogens (tertiary/aromatic N) is 4. The van der Waals surface area contributed by atoms with Crippen LogP contribution in [0.5, 0.6) is 0 Å². The quantitative estimate of drug-likeness (QED) is 0.503. The molecule has 3 rings (SSSR count). The maximum Gasteiger partial charge on any atom is 0.129 e. The van der Waals surface area contributed by atoms with Crippen LogP contribution in [0.1, 0.15) is 44.4 Å². The Kier molecular flexibility index (Phi) is 6.50. The van der Waals surface area contributed by atoms with Crippen LogP contribution in [0.25, 0.3) is 5.70 Å². The standard InChI is InChI=1S/C21H25ClN6/c1-14(2)26-27-17-7-8-19(24-12-17)15(3)28(18-5-4-6-18)20-13-25-21(22)11-16(20)9-10-23/h7-8,11-14,18,26-27H,3-6,9H2,1-2H3. The number of nitriles is 1. The fourth-order valence-electron chi connectivity index (χ4n) is 3.10. The number of hydrogen-bond acceptors (Lipinski definition) is 6. The smallest absolute Gasteiger partial charge is 0.129 e. The Hall–Kier alpha value is -2.62. The highest BCUT2D eigenvalue weighted by Gasteiger charge is 2.30. The second-order valence-corrected chi connectivity index (χ2v) is 7.62. The molecule has 1 fully saturated rings. The van der Waals surface area contributed by atoms with Crippen LogP contribution in [0.4, 0.5) is 11.4 Å². The van der Waals surface area contributed by atoms with Crippen LogP contribution < -0.4 is 15.8 Å². The molecule has 0 unspecified atom stereocenters. The van der Waals surface area contributed by atoms with Crippen LogP contribution in [0.15, 0.2) is 37.2 Å². The maximum absolute atomic E-state index is 9.22. The van der Waals surface area contributed by atoms with E-state index in [4.69, 9.17) is 11.6 Å². The molecule has 28 heavy (non-hydrogen) atoms. The fraction of sp³-hybridized carbons (Fsp3) is 0.381. The van der Waals surface area contributed by atoms with E-state index in [-0.39, 0.29) is 6.42 Å². The van der Waals surface area contributed by atoms with Crippen LogP contribution in [0.2, 0.25) is 5.15 Å². The molecule has 146 valence electrons. The van der Waals surface area contributed by atoms with Gasteiger partial charge in [-0.1, -0.05) is 18.2 Å². The summed E-state index contributed by atoms with van der Waals surface area (Å²) in [7, 11) is 0. The number of anilines is 2. The monoisotopic (exact) mass is 396 g/mol. The first kappa shape index (κ1) is 20.1. The SMILES string of the molecule is C=C(c1ccc(NNC(C)C)cn1)N(c1cnc(Cl)cc1CC#N)C1CCC1. The molecule has 0 amide bonds. The molecule has 7 heteroatoms. The zero-order chi connectivity index (χ0) is 20.1. The average Bonchev–Trinajstić information content (AvgIpc) is 2.64. The largest absolute Gasteiger partial charge is 0.336 e. The fourth-order valence-corrected chi connectivity index (χ4v) is 3.28. The predicted molar refractivity (Wildman–Crippen MR) is 114 cm³/mol. The van der Waals surface area contributed by atoms with Gasteiger partial charge >= 0.3 is 0 Å². The first-order chi connectivity index (χ1) is 13.5. The molecular weight excluding hydrogens is 372 g/mol. The van der Waals surface area contributed by atoms with Crippen LogP contribution >= 0.6 is 11.6 Å². The summed E-state index contributed by atoms with van der Waals surface area (Å²) in [5.41, 5.74) is 10.5. The summed E-state index contributed by atoms with van der Waals surface area (Å²) in [5, 5.41) is 9.61. The summed E-state index contributed by atoms with van der Waals surface area (Å²) in [6.07, 6.45) is 7.12. The first-order valence-electron chi connectivity index (χ1n) is 9.47. The summed E-state index contributed by atoms with van der Waals surface area (Å²) in [5.74, 6) is 0. The van der Waals surface area contributed by atoms with Crippen molar-refractivity contribution in [3.63, 3.8) is 0 Å². The topological polar surface area (TPSA) is 76.9 Å². The summed E-state index contributed by atoms with van der Waals surface area (Å²) in [4.78, 5) is 11.0. The first-order valence-corrected chi connectivity index (χ1v) is 9.85. The van der Waals surface area contributed by atoms with Crippen LogP contribution in [-0.4, -0.2) is 22.1 Å². The van der Waals surface area contributed by atoms with Crippen LogP contribution in [-0.2, 0) is 6.42 Å². The Labute approximate surface area is 171 Å². The minimum Gasteiger partial charge on any atom is -0.336 e. The molecule has 0 bridgehead atoms. The number of pyridine rings is 2. The van der Waals surface area contributed by atoms with Gasteiger partial charge in [0, 0.05) is 12.1 Å². The van der Waals surface area contributed by atoms with Crippen molar-refractivity contribution in [1.82, 2.24) is 15.4 Å². The Bertz CT molecular complexity index is 867. The van der Waals surface area contributed by atoms with E-state index in [1.807, 2.05) is 12.1 Å². The molecule has 0 saturated heterocycles. The van der Waals surface area contributed by atoms with E-state index < -0.39 is 0 Å². The second kappa shape index (κ2) is 9.05. The van der Waals surface area contributed by atoms with Gasteiger partial charge < -0.3 is 10.3 Å². The van der Waals surface area contributed by atoms with Gasteiger partial charge in [0.1, 0.15) is 5.15 Å². The molecule has 1 aliphatic rings. The molecule has 2 N–H and O–H groups in total. The van der Waals surface area contributed by atoms with Gasteiger partial charge in [-0.25, -0.2) is 10.4 Å². The lowest BCUT2D eigenvalue weighted by atomic mass is 9.90. The van der Waals surface area contributed by atoms with Crippen LogP contribution in [0.3, 0.4) is 0 Å². The zero-order valence-electron chi connectivity index (χ0n) is 16.2. The Morgan fingerprint density at radius 3 is 2.71 bits per heavy atom. The second-order valence-electron chi connectivity index (χ2n) is 7.23. The summed E-state index contributed by atoms with van der Waals surface area (Å²) < 4.78 is 0. The van der Waals surface area contributed by atoms with E-state index in [0.29, 0.717) is 17.2 Å². The minimum absolute atomic E-state index is 0.269. The highest BCUT2D eigenvalue weighted by atomic mass is 35.5. The van der Waals surface area contributed by atoms with Gasteiger partial charge in [-0.2, -0.15) is 5.26 Å². The predicted octanol–water partition coefficient (Wildman–Crippen LogP) is 4.55. The lowest BCUT2D eigenvalue weighted by Crippen LogP contribution is -2.39. The lowest BCUT2D eigenvalue weighted by Gasteiger charge is -2.40. The van der Waals surface area contributed by atoms with Crippen molar-refractivity contribution >= 4 is 28.7 Å². The summed E-state index contributed by atoms with van der Waals surface area (Å²) in [6.45, 7) is 8.44. The number of rotatable bonds is 8. The van der Waals surface area contributed by atoms with E-state index in [1.54, 1.807) is 18.5 Å². The van der Waals surface area contributed by atoms with Gasteiger partial charge in [0.25, 0.3) is 0 Å². The molecule has 2 aromatic rings. The number of hydrogen-bond donors (Lipinski definition) is 2. The van der Waals surface area contributed by atoms with Gasteiger partial charge in [-0.15, -0.1) is 0 Å².